The fraction of sp³-hybridized carbons (Fsp3) is 0.450. The van der Waals surface area contributed by atoms with Crippen LogP contribution in [0.2, 0.25) is 0 Å². The summed E-state index contributed by atoms with van der Waals surface area (Å²) < 4.78 is 5.79. The van der Waals surface area contributed by atoms with Crippen molar-refractivity contribution in [2.45, 2.75) is 38.7 Å². The van der Waals surface area contributed by atoms with E-state index in [2.05, 4.69) is 28.2 Å². The number of aryl methyl sites for hydroxylation is 3. The van der Waals surface area contributed by atoms with E-state index in [1.54, 1.807) is 6.20 Å². The number of carbonyl (C=O) groups excluding carboxylic acids is 1. The lowest BCUT2D eigenvalue weighted by Gasteiger charge is -2.32. The van der Waals surface area contributed by atoms with E-state index in [0.29, 0.717) is 31.9 Å². The number of morpholine rings is 1. The van der Waals surface area contributed by atoms with Crippen LogP contribution < -0.4 is 0 Å². The Balaban J connectivity index is 1.43. The standard InChI is InChI=1S/C20H23N3O2/c1-14-7-8-21-20(22-14)18-13-23(9-10-25-18)19(24)12-15-5-6-16-3-2-4-17(16)11-15/h5-8,11,18H,2-4,9-10,12-13H2,1H3. The molecule has 0 saturated carbocycles. The van der Waals surface area contributed by atoms with Crippen molar-refractivity contribution < 1.29 is 9.53 Å². The van der Waals surface area contributed by atoms with Crippen molar-refractivity contribution in [2.24, 2.45) is 0 Å². The molecule has 0 N–H and O–H groups in total. The number of hydrogen-bond acceptors (Lipinski definition) is 4. The molecule has 0 spiro atoms. The summed E-state index contributed by atoms with van der Waals surface area (Å²) >= 11 is 0. The van der Waals surface area contributed by atoms with E-state index in [1.165, 1.54) is 24.0 Å². The second-order valence-electron chi connectivity index (χ2n) is 6.89. The zero-order valence-corrected chi connectivity index (χ0v) is 14.6. The van der Waals surface area contributed by atoms with E-state index >= 15 is 0 Å². The van der Waals surface area contributed by atoms with Gasteiger partial charge in [-0.2, -0.15) is 0 Å². The Morgan fingerprint density at radius 3 is 3.04 bits per heavy atom. The molecule has 2 heterocycles. The second kappa shape index (κ2) is 6.92. The molecule has 0 radical (unpaired) electrons. The Bertz CT molecular complexity index is 790. The molecular weight excluding hydrogens is 314 g/mol. The normalized spacial score (nSPS) is 19.7. The van der Waals surface area contributed by atoms with Crippen LogP contribution in [-0.4, -0.2) is 40.5 Å². The molecule has 1 unspecified atom stereocenters. The number of nitrogens with zero attached hydrogens (tertiary/aromatic N) is 3. The Labute approximate surface area is 148 Å². The van der Waals surface area contributed by atoms with E-state index in [-0.39, 0.29) is 12.0 Å². The highest BCUT2D eigenvalue weighted by atomic mass is 16.5. The number of hydrogen-bond donors (Lipinski definition) is 0. The number of benzene rings is 1. The highest BCUT2D eigenvalue weighted by Crippen LogP contribution is 2.24. The first-order chi connectivity index (χ1) is 12.2. The van der Waals surface area contributed by atoms with Gasteiger partial charge >= 0.3 is 0 Å². The van der Waals surface area contributed by atoms with Gasteiger partial charge in [0.25, 0.3) is 0 Å². The molecule has 25 heavy (non-hydrogen) atoms. The first-order valence-corrected chi connectivity index (χ1v) is 8.98. The first kappa shape index (κ1) is 16.2. The second-order valence-corrected chi connectivity index (χ2v) is 6.89. The quantitative estimate of drug-likeness (QED) is 0.863. The fourth-order valence-electron chi connectivity index (χ4n) is 3.68. The minimum absolute atomic E-state index is 0.152. The van der Waals surface area contributed by atoms with Crippen molar-refractivity contribution >= 4 is 5.91 Å². The third kappa shape index (κ3) is 3.56. The lowest BCUT2D eigenvalue weighted by molar-refractivity contribution is -0.138. The van der Waals surface area contributed by atoms with Crippen LogP contribution in [0.4, 0.5) is 0 Å². The van der Waals surface area contributed by atoms with E-state index in [9.17, 15) is 4.79 Å². The van der Waals surface area contributed by atoms with Gasteiger partial charge in [-0.3, -0.25) is 4.79 Å². The molecule has 2 aromatic rings. The van der Waals surface area contributed by atoms with Gasteiger partial charge in [-0.15, -0.1) is 0 Å². The number of aromatic nitrogens is 2. The molecule has 1 aromatic carbocycles. The van der Waals surface area contributed by atoms with Crippen molar-refractivity contribution in [1.82, 2.24) is 14.9 Å². The Hall–Kier alpha value is -2.27. The van der Waals surface area contributed by atoms with Crippen LogP contribution >= 0.6 is 0 Å². The lowest BCUT2D eigenvalue weighted by Crippen LogP contribution is -2.43. The molecule has 1 fully saturated rings. The highest BCUT2D eigenvalue weighted by molar-refractivity contribution is 5.79. The first-order valence-electron chi connectivity index (χ1n) is 8.98. The zero-order chi connectivity index (χ0) is 17.2. The Morgan fingerprint density at radius 1 is 1.28 bits per heavy atom. The van der Waals surface area contributed by atoms with Gasteiger partial charge in [-0.05, 0) is 48.9 Å². The molecule has 130 valence electrons. The molecule has 0 bridgehead atoms. The third-order valence-corrected chi connectivity index (χ3v) is 5.04. The third-order valence-electron chi connectivity index (χ3n) is 5.04. The number of rotatable bonds is 3. The van der Waals surface area contributed by atoms with Crippen LogP contribution in [0, 0.1) is 6.92 Å². The fourth-order valence-corrected chi connectivity index (χ4v) is 3.68. The number of carbonyl (C=O) groups is 1. The molecule has 1 aliphatic heterocycles. The van der Waals surface area contributed by atoms with Crippen LogP contribution in [0.3, 0.4) is 0 Å². The van der Waals surface area contributed by atoms with Gasteiger partial charge in [-0.25, -0.2) is 9.97 Å². The topological polar surface area (TPSA) is 55.3 Å². The summed E-state index contributed by atoms with van der Waals surface area (Å²) in [5, 5.41) is 0. The van der Waals surface area contributed by atoms with Gasteiger partial charge in [0.2, 0.25) is 5.91 Å². The summed E-state index contributed by atoms with van der Waals surface area (Å²) in [6, 6.07) is 8.36. The number of fused-ring (bicyclic) bond motifs is 1. The van der Waals surface area contributed by atoms with Gasteiger partial charge in [0.1, 0.15) is 6.10 Å². The van der Waals surface area contributed by atoms with Gasteiger partial charge in [0, 0.05) is 18.4 Å². The predicted molar refractivity (Wildman–Crippen MR) is 94.2 cm³/mol. The average molecular weight is 337 g/mol. The molecule has 1 aromatic heterocycles. The minimum Gasteiger partial charge on any atom is -0.367 e. The molecule has 1 amide bonds. The largest absolute Gasteiger partial charge is 0.367 e. The predicted octanol–water partition coefficient (Wildman–Crippen LogP) is 2.42. The van der Waals surface area contributed by atoms with Gasteiger partial charge in [0.15, 0.2) is 5.82 Å². The SMILES string of the molecule is Cc1ccnc(C2CN(C(=O)Cc3ccc4c(c3)CCC4)CCO2)n1. The molecule has 5 nitrogen and oxygen atoms in total. The summed E-state index contributed by atoms with van der Waals surface area (Å²) in [5.74, 6) is 0.814. The van der Waals surface area contributed by atoms with Crippen LogP contribution in [0.25, 0.3) is 0 Å². The van der Waals surface area contributed by atoms with Gasteiger partial charge < -0.3 is 9.64 Å². The van der Waals surface area contributed by atoms with Crippen molar-refractivity contribution in [1.29, 1.82) is 0 Å². The van der Waals surface area contributed by atoms with Crippen LogP contribution in [0.1, 0.15) is 40.7 Å². The maximum Gasteiger partial charge on any atom is 0.227 e. The van der Waals surface area contributed by atoms with Crippen molar-refractivity contribution in [3.8, 4) is 0 Å². The monoisotopic (exact) mass is 337 g/mol. The van der Waals surface area contributed by atoms with Crippen LogP contribution in [0.5, 0.6) is 0 Å². The summed E-state index contributed by atoms with van der Waals surface area (Å²) in [6.07, 6.45) is 5.50. The molecule has 1 aliphatic carbocycles. The summed E-state index contributed by atoms with van der Waals surface area (Å²) in [5.41, 5.74) is 4.88. The number of amides is 1. The van der Waals surface area contributed by atoms with Crippen LogP contribution in [-0.2, 0) is 28.8 Å². The molecule has 1 atom stereocenters. The van der Waals surface area contributed by atoms with Crippen molar-refractivity contribution in [2.75, 3.05) is 19.7 Å². The summed E-state index contributed by atoms with van der Waals surface area (Å²) in [4.78, 5) is 23.4. The van der Waals surface area contributed by atoms with E-state index < -0.39 is 0 Å². The molecule has 4 rings (SSSR count). The van der Waals surface area contributed by atoms with E-state index in [1.807, 2.05) is 17.9 Å². The zero-order valence-electron chi connectivity index (χ0n) is 14.6. The Kier molecular flexibility index (Phi) is 4.49. The van der Waals surface area contributed by atoms with Gasteiger partial charge in [-0.1, -0.05) is 18.2 Å². The van der Waals surface area contributed by atoms with Crippen molar-refractivity contribution in [3.05, 3.63) is 58.7 Å². The lowest BCUT2D eigenvalue weighted by atomic mass is 10.0. The molecule has 2 aliphatic rings. The smallest absolute Gasteiger partial charge is 0.227 e. The van der Waals surface area contributed by atoms with Gasteiger partial charge in [0.05, 0.1) is 19.6 Å². The minimum atomic E-state index is -0.238. The summed E-state index contributed by atoms with van der Waals surface area (Å²) in [6.45, 7) is 3.61. The van der Waals surface area contributed by atoms with Crippen molar-refractivity contribution in [3.63, 3.8) is 0 Å². The maximum atomic E-state index is 12.7. The highest BCUT2D eigenvalue weighted by Gasteiger charge is 2.27. The molecular formula is C20H23N3O2. The Morgan fingerprint density at radius 2 is 2.16 bits per heavy atom. The summed E-state index contributed by atoms with van der Waals surface area (Å²) in [7, 11) is 0. The maximum absolute atomic E-state index is 12.7. The average Bonchev–Trinajstić information content (AvgIpc) is 3.09. The molecule has 5 heteroatoms. The van der Waals surface area contributed by atoms with E-state index in [0.717, 1.165) is 17.7 Å². The van der Waals surface area contributed by atoms with Crippen LogP contribution in [0.15, 0.2) is 30.5 Å². The molecule has 1 saturated heterocycles. The number of ether oxygens (including phenoxy) is 1. The van der Waals surface area contributed by atoms with E-state index in [4.69, 9.17) is 4.74 Å².